The van der Waals surface area contributed by atoms with Gasteiger partial charge in [-0.3, -0.25) is 9.59 Å². The second-order valence-electron chi connectivity index (χ2n) is 5.83. The van der Waals surface area contributed by atoms with Gasteiger partial charge in [0.1, 0.15) is 11.6 Å². The number of anilines is 2. The van der Waals surface area contributed by atoms with Crippen molar-refractivity contribution < 1.29 is 18.4 Å². The number of rotatable bonds is 3. The Morgan fingerprint density at radius 2 is 1.79 bits per heavy atom. The number of hydrogen-bond acceptors (Lipinski definition) is 2. The van der Waals surface area contributed by atoms with Gasteiger partial charge in [0.15, 0.2) is 0 Å². The molecule has 0 aliphatic carbocycles. The zero-order chi connectivity index (χ0) is 17.3. The lowest BCUT2D eigenvalue weighted by Crippen LogP contribution is -2.28. The van der Waals surface area contributed by atoms with E-state index in [1.54, 1.807) is 6.92 Å². The Labute approximate surface area is 138 Å². The molecular weight excluding hydrogens is 314 g/mol. The number of carbonyl (C=O) groups is 2. The summed E-state index contributed by atoms with van der Waals surface area (Å²) in [6, 6.07) is 9.68. The molecule has 4 nitrogen and oxygen atoms in total. The molecule has 0 spiro atoms. The lowest BCUT2D eigenvalue weighted by molar-refractivity contribution is -0.122. The number of amides is 2. The number of nitrogens with zero attached hydrogens (tertiary/aromatic N) is 1. The highest BCUT2D eigenvalue weighted by Gasteiger charge is 2.35. The average Bonchev–Trinajstić information content (AvgIpc) is 2.93. The highest BCUT2D eigenvalue weighted by atomic mass is 19.1. The van der Waals surface area contributed by atoms with Crippen LogP contribution in [0.2, 0.25) is 0 Å². The molecule has 1 fully saturated rings. The van der Waals surface area contributed by atoms with E-state index in [0.29, 0.717) is 16.9 Å². The molecule has 24 heavy (non-hydrogen) atoms. The van der Waals surface area contributed by atoms with Gasteiger partial charge in [-0.25, -0.2) is 8.78 Å². The smallest absolute Gasteiger partial charge is 0.229 e. The molecule has 1 saturated heterocycles. The quantitative estimate of drug-likeness (QED) is 0.939. The summed E-state index contributed by atoms with van der Waals surface area (Å²) in [7, 11) is 0. The Balaban J connectivity index is 1.70. The van der Waals surface area contributed by atoms with Crippen LogP contribution in [0.25, 0.3) is 0 Å². The minimum absolute atomic E-state index is 0.0868. The maximum atomic E-state index is 13.1. The molecule has 0 saturated carbocycles. The van der Waals surface area contributed by atoms with Gasteiger partial charge in [0.25, 0.3) is 0 Å². The second kappa shape index (κ2) is 6.39. The van der Waals surface area contributed by atoms with Crippen LogP contribution in [0.1, 0.15) is 12.0 Å². The van der Waals surface area contributed by atoms with Gasteiger partial charge in [-0.15, -0.1) is 0 Å². The zero-order valence-corrected chi connectivity index (χ0v) is 13.1. The maximum Gasteiger partial charge on any atom is 0.229 e. The molecule has 1 aliphatic rings. The molecule has 0 unspecified atom stereocenters. The molecule has 0 bridgehead atoms. The van der Waals surface area contributed by atoms with Gasteiger partial charge in [-0.1, -0.05) is 0 Å². The Hall–Kier alpha value is -2.76. The predicted octanol–water partition coefficient (Wildman–Crippen LogP) is 3.26. The van der Waals surface area contributed by atoms with Crippen LogP contribution in [0, 0.1) is 24.5 Å². The van der Waals surface area contributed by atoms with Crippen molar-refractivity contribution >= 4 is 23.2 Å². The lowest BCUT2D eigenvalue weighted by atomic mass is 10.1. The van der Waals surface area contributed by atoms with Crippen molar-refractivity contribution in [3.8, 4) is 0 Å². The van der Waals surface area contributed by atoms with E-state index in [1.165, 1.54) is 47.4 Å². The van der Waals surface area contributed by atoms with E-state index < -0.39 is 5.92 Å². The van der Waals surface area contributed by atoms with Crippen molar-refractivity contribution in [1.29, 1.82) is 0 Å². The summed E-state index contributed by atoms with van der Waals surface area (Å²) in [4.78, 5) is 26.0. The molecule has 2 aromatic carbocycles. The van der Waals surface area contributed by atoms with Gasteiger partial charge >= 0.3 is 0 Å². The van der Waals surface area contributed by atoms with Crippen LogP contribution in [0.3, 0.4) is 0 Å². The number of halogens is 2. The van der Waals surface area contributed by atoms with Crippen LogP contribution in [-0.2, 0) is 9.59 Å². The van der Waals surface area contributed by atoms with E-state index in [0.717, 1.165) is 0 Å². The molecule has 6 heteroatoms. The predicted molar refractivity (Wildman–Crippen MR) is 86.6 cm³/mol. The van der Waals surface area contributed by atoms with Crippen LogP contribution in [0.5, 0.6) is 0 Å². The van der Waals surface area contributed by atoms with Gasteiger partial charge in [0.2, 0.25) is 11.8 Å². The standard InChI is InChI=1S/C18H16F2N2O2/c1-11-8-14(20)4-7-16(11)21-18(24)12-9-17(23)22(10-12)15-5-2-13(19)3-6-15/h2-8,12H,9-10H2,1H3,(H,21,24)/t12-/m1/s1. The highest BCUT2D eigenvalue weighted by molar-refractivity contribution is 6.03. The van der Waals surface area contributed by atoms with Gasteiger partial charge in [0.05, 0.1) is 5.92 Å². The maximum absolute atomic E-state index is 13.1. The molecule has 1 heterocycles. The third-order valence-electron chi connectivity index (χ3n) is 4.08. The summed E-state index contributed by atoms with van der Waals surface area (Å²) < 4.78 is 26.1. The van der Waals surface area contributed by atoms with Crippen LogP contribution in [0.15, 0.2) is 42.5 Å². The third-order valence-corrected chi connectivity index (χ3v) is 4.08. The summed E-state index contributed by atoms with van der Waals surface area (Å²) in [5.74, 6) is -1.73. The fourth-order valence-electron chi connectivity index (χ4n) is 2.76. The van der Waals surface area contributed by atoms with E-state index in [2.05, 4.69) is 5.32 Å². The Kier molecular flexibility index (Phi) is 4.29. The first kappa shape index (κ1) is 16.1. The van der Waals surface area contributed by atoms with Crippen molar-refractivity contribution in [2.75, 3.05) is 16.8 Å². The van der Waals surface area contributed by atoms with E-state index >= 15 is 0 Å². The monoisotopic (exact) mass is 330 g/mol. The fraction of sp³-hybridized carbons (Fsp3) is 0.222. The number of nitrogens with one attached hydrogen (secondary N) is 1. The first-order chi connectivity index (χ1) is 11.4. The molecular formula is C18H16F2N2O2. The molecule has 0 radical (unpaired) electrons. The molecule has 2 amide bonds. The van der Waals surface area contributed by atoms with Crippen molar-refractivity contribution in [2.24, 2.45) is 5.92 Å². The largest absolute Gasteiger partial charge is 0.326 e. The first-order valence-electron chi connectivity index (χ1n) is 7.57. The first-order valence-corrected chi connectivity index (χ1v) is 7.57. The van der Waals surface area contributed by atoms with E-state index in [-0.39, 0.29) is 36.4 Å². The zero-order valence-electron chi connectivity index (χ0n) is 13.1. The van der Waals surface area contributed by atoms with Crippen LogP contribution in [0.4, 0.5) is 20.2 Å². The Morgan fingerprint density at radius 1 is 1.12 bits per heavy atom. The highest BCUT2D eigenvalue weighted by Crippen LogP contribution is 2.26. The second-order valence-corrected chi connectivity index (χ2v) is 5.83. The minimum Gasteiger partial charge on any atom is -0.326 e. The Bertz CT molecular complexity index is 790. The van der Waals surface area contributed by atoms with Crippen LogP contribution in [-0.4, -0.2) is 18.4 Å². The van der Waals surface area contributed by atoms with Crippen LogP contribution >= 0.6 is 0 Å². The molecule has 1 atom stereocenters. The molecule has 0 aromatic heterocycles. The summed E-state index contributed by atoms with van der Waals surface area (Å²) in [6.07, 6.45) is 0.0868. The summed E-state index contributed by atoms with van der Waals surface area (Å²) in [5.41, 5.74) is 1.70. The molecule has 1 N–H and O–H groups in total. The average molecular weight is 330 g/mol. The summed E-state index contributed by atoms with van der Waals surface area (Å²) in [6.45, 7) is 1.93. The fourth-order valence-corrected chi connectivity index (χ4v) is 2.76. The van der Waals surface area contributed by atoms with Crippen molar-refractivity contribution in [1.82, 2.24) is 0 Å². The van der Waals surface area contributed by atoms with Crippen molar-refractivity contribution in [3.63, 3.8) is 0 Å². The van der Waals surface area contributed by atoms with E-state index in [1.807, 2.05) is 0 Å². The minimum atomic E-state index is -0.507. The molecule has 3 rings (SSSR count). The third kappa shape index (κ3) is 3.27. The number of carbonyl (C=O) groups excluding carboxylic acids is 2. The van der Waals surface area contributed by atoms with Gasteiger partial charge in [-0.2, -0.15) is 0 Å². The number of benzene rings is 2. The molecule has 124 valence electrons. The van der Waals surface area contributed by atoms with Crippen LogP contribution < -0.4 is 10.2 Å². The lowest BCUT2D eigenvalue weighted by Gasteiger charge is -2.17. The van der Waals surface area contributed by atoms with Crippen molar-refractivity contribution in [3.05, 3.63) is 59.7 Å². The topological polar surface area (TPSA) is 49.4 Å². The number of hydrogen-bond donors (Lipinski definition) is 1. The van der Waals surface area contributed by atoms with Gasteiger partial charge in [0, 0.05) is 24.3 Å². The van der Waals surface area contributed by atoms with E-state index in [4.69, 9.17) is 0 Å². The summed E-state index contributed by atoms with van der Waals surface area (Å²) >= 11 is 0. The Morgan fingerprint density at radius 3 is 2.46 bits per heavy atom. The molecule has 2 aromatic rings. The normalized spacial score (nSPS) is 17.2. The molecule has 1 aliphatic heterocycles. The summed E-state index contributed by atoms with van der Waals surface area (Å²) in [5, 5.41) is 2.74. The van der Waals surface area contributed by atoms with E-state index in [9.17, 15) is 18.4 Å². The van der Waals surface area contributed by atoms with Crippen molar-refractivity contribution in [2.45, 2.75) is 13.3 Å². The van der Waals surface area contributed by atoms with Gasteiger partial charge < -0.3 is 10.2 Å². The SMILES string of the molecule is Cc1cc(F)ccc1NC(=O)[C@@H]1CC(=O)N(c2ccc(F)cc2)C1. The van der Waals surface area contributed by atoms with Gasteiger partial charge in [-0.05, 0) is 55.0 Å². The number of aryl methyl sites for hydroxylation is 1.